The van der Waals surface area contributed by atoms with Crippen molar-refractivity contribution in [1.82, 2.24) is 19.8 Å². The zero-order valence-electron chi connectivity index (χ0n) is 15.8. The van der Waals surface area contributed by atoms with Crippen molar-refractivity contribution < 1.29 is 14.0 Å². The number of aryl methyl sites for hydroxylation is 1. The van der Waals surface area contributed by atoms with Gasteiger partial charge < -0.3 is 9.80 Å². The van der Waals surface area contributed by atoms with E-state index in [0.29, 0.717) is 44.6 Å². The van der Waals surface area contributed by atoms with Crippen molar-refractivity contribution in [2.24, 2.45) is 5.92 Å². The van der Waals surface area contributed by atoms with Crippen LogP contribution in [0, 0.1) is 11.7 Å². The van der Waals surface area contributed by atoms with E-state index in [1.807, 2.05) is 25.7 Å². The Hall–Kier alpha value is -2.25. The van der Waals surface area contributed by atoms with Crippen molar-refractivity contribution in [3.63, 3.8) is 0 Å². The molecule has 3 amide bonds. The van der Waals surface area contributed by atoms with Gasteiger partial charge in [0.25, 0.3) is 5.91 Å². The van der Waals surface area contributed by atoms with E-state index in [2.05, 4.69) is 9.97 Å². The number of carbonyl (C=O) groups is 2. The van der Waals surface area contributed by atoms with Gasteiger partial charge in [-0.1, -0.05) is 20.8 Å². The van der Waals surface area contributed by atoms with E-state index in [1.165, 1.54) is 18.3 Å². The van der Waals surface area contributed by atoms with Crippen LogP contribution >= 0.6 is 0 Å². The maximum atomic E-state index is 14.6. The van der Waals surface area contributed by atoms with Crippen LogP contribution in [0.25, 0.3) is 0 Å². The average Bonchev–Trinajstić information content (AvgIpc) is 2.79. The topological polar surface area (TPSA) is 69.6 Å². The number of rotatable bonds is 4. The Labute approximate surface area is 153 Å². The van der Waals surface area contributed by atoms with Crippen LogP contribution in [0.2, 0.25) is 0 Å². The summed E-state index contributed by atoms with van der Waals surface area (Å²) in [5.74, 6) is 0.00273. The Morgan fingerprint density at radius 3 is 2.46 bits per heavy atom. The van der Waals surface area contributed by atoms with Gasteiger partial charge in [-0.15, -0.1) is 0 Å². The largest absolute Gasteiger partial charge is 0.354 e. The number of amides is 3. The minimum absolute atomic E-state index is 0.153. The van der Waals surface area contributed by atoms with Crippen LogP contribution in [-0.4, -0.2) is 63.9 Å². The van der Waals surface area contributed by atoms with Gasteiger partial charge in [-0.25, -0.2) is 19.2 Å². The monoisotopic (exact) mass is 363 g/mol. The molecule has 0 atom stereocenters. The van der Waals surface area contributed by atoms with Crippen LogP contribution in [0.3, 0.4) is 0 Å². The van der Waals surface area contributed by atoms with Gasteiger partial charge in [-0.05, 0) is 25.2 Å². The molecule has 142 valence electrons. The first-order chi connectivity index (χ1) is 12.3. The number of anilines is 1. The molecule has 2 saturated heterocycles. The lowest BCUT2D eigenvalue weighted by molar-refractivity contribution is -0.133. The number of carbonyl (C=O) groups excluding carboxylic acids is 2. The number of imide groups is 1. The molecule has 0 aliphatic carbocycles. The lowest BCUT2D eigenvalue weighted by Gasteiger charge is -2.43. The molecule has 0 aromatic carbocycles. The Kier molecular flexibility index (Phi) is 4.86. The molecule has 26 heavy (non-hydrogen) atoms. The highest BCUT2D eigenvalue weighted by Crippen LogP contribution is 2.38. The van der Waals surface area contributed by atoms with Crippen LogP contribution in [0.5, 0.6) is 0 Å². The van der Waals surface area contributed by atoms with Crippen LogP contribution in [0.1, 0.15) is 39.3 Å². The van der Waals surface area contributed by atoms with Gasteiger partial charge in [0.15, 0.2) is 11.6 Å². The van der Waals surface area contributed by atoms with Gasteiger partial charge in [0.2, 0.25) is 0 Å². The third kappa shape index (κ3) is 2.81. The molecule has 0 radical (unpaired) electrons. The molecule has 0 unspecified atom stereocenters. The molecule has 8 heteroatoms. The molecule has 3 heterocycles. The second-order valence-electron chi connectivity index (χ2n) is 7.48. The number of nitrogens with zero attached hydrogens (tertiary/aromatic N) is 5. The van der Waals surface area contributed by atoms with Gasteiger partial charge in [-0.3, -0.25) is 9.69 Å². The number of hydrogen-bond acceptors (Lipinski definition) is 5. The van der Waals surface area contributed by atoms with Crippen molar-refractivity contribution in [2.75, 3.05) is 31.6 Å². The van der Waals surface area contributed by atoms with E-state index in [4.69, 9.17) is 0 Å². The molecule has 1 spiro atoms. The number of halogens is 1. The molecule has 1 aromatic heterocycles. The summed E-state index contributed by atoms with van der Waals surface area (Å²) in [4.78, 5) is 38.3. The van der Waals surface area contributed by atoms with Gasteiger partial charge in [0, 0.05) is 26.7 Å². The maximum absolute atomic E-state index is 14.6. The zero-order chi connectivity index (χ0) is 19.1. The molecule has 0 saturated carbocycles. The van der Waals surface area contributed by atoms with Crippen molar-refractivity contribution in [3.05, 3.63) is 17.8 Å². The molecular formula is C18H26FN5O2. The third-order valence-electron chi connectivity index (χ3n) is 5.35. The summed E-state index contributed by atoms with van der Waals surface area (Å²) in [6, 6.07) is -0.237. The summed E-state index contributed by atoms with van der Waals surface area (Å²) in [6.07, 6.45) is 2.82. The van der Waals surface area contributed by atoms with E-state index in [0.717, 1.165) is 0 Å². The number of hydrogen-bond donors (Lipinski definition) is 0. The number of urea groups is 1. The van der Waals surface area contributed by atoms with E-state index in [1.54, 1.807) is 4.90 Å². The lowest BCUT2D eigenvalue weighted by atomic mass is 9.85. The zero-order valence-corrected chi connectivity index (χ0v) is 15.8. The first kappa shape index (κ1) is 18.5. The molecule has 1 aromatic rings. The van der Waals surface area contributed by atoms with E-state index >= 15 is 0 Å². The van der Waals surface area contributed by atoms with Gasteiger partial charge >= 0.3 is 6.03 Å². The minimum atomic E-state index is -0.816. The standard InChI is InChI=1S/C18H26FN5O2/c1-5-13-14(19)15(21-11-20-13)23-8-6-18(7-9-23)16(25)22(4)17(26)24(18)10-12(2)3/h11-12H,5-10H2,1-4H3. The van der Waals surface area contributed by atoms with Gasteiger partial charge in [0.1, 0.15) is 11.9 Å². The highest BCUT2D eigenvalue weighted by molar-refractivity contribution is 6.06. The Morgan fingerprint density at radius 1 is 1.23 bits per heavy atom. The summed E-state index contributed by atoms with van der Waals surface area (Å²) in [6.45, 7) is 7.39. The highest BCUT2D eigenvalue weighted by Gasteiger charge is 2.56. The fourth-order valence-corrected chi connectivity index (χ4v) is 3.93. The number of likely N-dealkylation sites (N-methyl/N-ethyl adjacent to an activating group) is 1. The Bertz CT molecular complexity index is 716. The summed E-state index contributed by atoms with van der Waals surface area (Å²) in [7, 11) is 1.54. The third-order valence-corrected chi connectivity index (χ3v) is 5.35. The van der Waals surface area contributed by atoms with Crippen molar-refractivity contribution in [2.45, 2.75) is 45.6 Å². The van der Waals surface area contributed by atoms with Crippen molar-refractivity contribution in [1.29, 1.82) is 0 Å². The van der Waals surface area contributed by atoms with Crippen LogP contribution < -0.4 is 4.90 Å². The normalized spacial score (nSPS) is 20.0. The van der Waals surface area contributed by atoms with Gasteiger partial charge in [-0.2, -0.15) is 0 Å². The molecule has 0 bridgehead atoms. The second-order valence-corrected chi connectivity index (χ2v) is 7.48. The van der Waals surface area contributed by atoms with Gasteiger partial charge in [0.05, 0.1) is 5.69 Å². The summed E-state index contributed by atoms with van der Waals surface area (Å²) in [5, 5.41) is 0. The smallest absolute Gasteiger partial charge is 0.327 e. The molecule has 3 rings (SSSR count). The van der Waals surface area contributed by atoms with Crippen LogP contribution in [-0.2, 0) is 11.2 Å². The molecule has 2 aliphatic heterocycles. The lowest BCUT2D eigenvalue weighted by Crippen LogP contribution is -2.57. The SMILES string of the molecule is CCc1ncnc(N2CCC3(CC2)C(=O)N(C)C(=O)N3CC(C)C)c1F. The first-order valence-corrected chi connectivity index (χ1v) is 9.16. The van der Waals surface area contributed by atoms with Crippen molar-refractivity contribution in [3.8, 4) is 0 Å². The highest BCUT2D eigenvalue weighted by atomic mass is 19.1. The van der Waals surface area contributed by atoms with E-state index < -0.39 is 11.4 Å². The van der Waals surface area contributed by atoms with E-state index in [-0.39, 0.29) is 23.7 Å². The van der Waals surface area contributed by atoms with Crippen LogP contribution in [0.4, 0.5) is 15.0 Å². The van der Waals surface area contributed by atoms with Crippen LogP contribution in [0.15, 0.2) is 6.33 Å². The summed E-state index contributed by atoms with van der Waals surface area (Å²) < 4.78 is 14.6. The predicted octanol–water partition coefficient (Wildman–Crippen LogP) is 2.07. The van der Waals surface area contributed by atoms with E-state index in [9.17, 15) is 14.0 Å². The maximum Gasteiger partial charge on any atom is 0.327 e. The Morgan fingerprint density at radius 2 is 1.88 bits per heavy atom. The molecule has 2 fully saturated rings. The fraction of sp³-hybridized carbons (Fsp3) is 0.667. The second kappa shape index (κ2) is 6.81. The van der Waals surface area contributed by atoms with Crippen molar-refractivity contribution >= 4 is 17.8 Å². The predicted molar refractivity (Wildman–Crippen MR) is 95.3 cm³/mol. The fourth-order valence-electron chi connectivity index (χ4n) is 3.93. The summed E-state index contributed by atoms with van der Waals surface area (Å²) in [5.41, 5.74) is -0.424. The quantitative estimate of drug-likeness (QED) is 0.766. The Balaban J connectivity index is 1.84. The first-order valence-electron chi connectivity index (χ1n) is 9.16. The average molecular weight is 363 g/mol. The molecular weight excluding hydrogens is 337 g/mol. The number of aromatic nitrogens is 2. The molecule has 7 nitrogen and oxygen atoms in total. The molecule has 0 N–H and O–H groups in total. The minimum Gasteiger partial charge on any atom is -0.354 e. The number of piperidine rings is 1. The summed E-state index contributed by atoms with van der Waals surface area (Å²) >= 11 is 0. The molecule has 2 aliphatic rings.